The fourth-order valence-corrected chi connectivity index (χ4v) is 4.77. The summed E-state index contributed by atoms with van der Waals surface area (Å²) < 4.78 is 67.7. The minimum atomic E-state index is -4.61. The number of morpholine rings is 1. The van der Waals surface area contributed by atoms with Crippen LogP contribution < -0.4 is 16.4 Å². The molecule has 238 valence electrons. The van der Waals surface area contributed by atoms with Gasteiger partial charge in [0.2, 0.25) is 11.9 Å². The first-order valence-electron chi connectivity index (χ1n) is 14.5. The van der Waals surface area contributed by atoms with E-state index >= 15 is 0 Å². The zero-order valence-electron chi connectivity index (χ0n) is 24.8. The van der Waals surface area contributed by atoms with Gasteiger partial charge in [0, 0.05) is 45.5 Å². The molecule has 1 saturated heterocycles. The number of hydrogen-bond donors (Lipinski definition) is 3. The third kappa shape index (κ3) is 9.20. The molecule has 2 aliphatic carbocycles. The number of imidazole rings is 1. The zero-order valence-corrected chi connectivity index (χ0v) is 24.8. The van der Waals surface area contributed by atoms with E-state index in [-0.39, 0.29) is 29.8 Å². The van der Waals surface area contributed by atoms with E-state index in [1.54, 1.807) is 29.8 Å². The predicted molar refractivity (Wildman–Crippen MR) is 161 cm³/mol. The van der Waals surface area contributed by atoms with E-state index < -0.39 is 17.6 Å². The van der Waals surface area contributed by atoms with Gasteiger partial charge in [0.1, 0.15) is 17.3 Å². The number of rotatable bonds is 11. The molecule has 1 aliphatic heterocycles. The monoisotopic (exact) mass is 618 g/mol. The van der Waals surface area contributed by atoms with Crippen molar-refractivity contribution in [1.82, 2.24) is 19.8 Å². The maximum absolute atomic E-state index is 14.6. The molecule has 3 aliphatic rings. The summed E-state index contributed by atoms with van der Waals surface area (Å²) >= 11 is 0. The van der Waals surface area contributed by atoms with E-state index in [1.165, 1.54) is 0 Å². The number of ether oxygens (including phenoxy) is 2. The molecule has 0 aromatic carbocycles. The lowest BCUT2D eigenvalue weighted by molar-refractivity contribution is -0.120. The molecule has 9 nitrogen and oxygen atoms in total. The summed E-state index contributed by atoms with van der Waals surface area (Å²) in [5.74, 6) is 0.605. The van der Waals surface area contributed by atoms with Gasteiger partial charge in [-0.05, 0) is 56.7 Å². The molecule has 4 N–H and O–H groups in total. The molecule has 13 heteroatoms. The number of alkyl halides is 3. The smallest absolute Gasteiger partial charge is 0.416 e. The van der Waals surface area contributed by atoms with Crippen LogP contribution in [0.5, 0.6) is 0 Å². The van der Waals surface area contributed by atoms with Crippen LogP contribution in [0.4, 0.5) is 23.5 Å². The summed E-state index contributed by atoms with van der Waals surface area (Å²) in [4.78, 5) is 19.1. The highest BCUT2D eigenvalue weighted by Gasteiger charge is 2.33. The van der Waals surface area contributed by atoms with Crippen molar-refractivity contribution >= 4 is 24.0 Å². The Morgan fingerprint density at radius 3 is 2.73 bits per heavy atom. The number of fused-ring (bicyclic) bond motifs is 1. The van der Waals surface area contributed by atoms with E-state index in [4.69, 9.17) is 15.2 Å². The van der Waals surface area contributed by atoms with Crippen molar-refractivity contribution in [2.24, 2.45) is 12.8 Å². The normalized spacial score (nSPS) is 18.3. The highest BCUT2D eigenvalue weighted by atomic mass is 19.4. The van der Waals surface area contributed by atoms with Gasteiger partial charge in [0.05, 0.1) is 41.7 Å². The van der Waals surface area contributed by atoms with Crippen molar-refractivity contribution in [2.45, 2.75) is 45.2 Å². The van der Waals surface area contributed by atoms with Crippen molar-refractivity contribution in [3.05, 3.63) is 82.3 Å². The van der Waals surface area contributed by atoms with E-state index in [0.717, 1.165) is 57.5 Å². The maximum atomic E-state index is 14.6. The van der Waals surface area contributed by atoms with E-state index in [0.29, 0.717) is 42.2 Å². The zero-order chi connectivity index (χ0) is 31.7. The third-order valence-electron chi connectivity index (χ3n) is 7.20. The van der Waals surface area contributed by atoms with Crippen LogP contribution in [0.15, 0.2) is 70.9 Å². The quantitative estimate of drug-likeness (QED) is 0.220. The van der Waals surface area contributed by atoms with Gasteiger partial charge in [-0.15, -0.1) is 0 Å². The molecular formula is C31H38F4N6O3. The first kappa shape index (κ1) is 32.8. The number of nitrogens with one attached hydrogen (secondary N) is 2. The fraction of sp³-hybridized carbons (Fsp3) is 0.419. The van der Waals surface area contributed by atoms with Crippen LogP contribution in [0.3, 0.4) is 0 Å². The van der Waals surface area contributed by atoms with Crippen LogP contribution >= 0.6 is 0 Å². The number of carbonyl (C=O) groups is 1. The molecule has 1 amide bonds. The van der Waals surface area contributed by atoms with Crippen LogP contribution in [-0.4, -0.2) is 59.4 Å². The Labute approximate surface area is 254 Å². The van der Waals surface area contributed by atoms with Crippen LogP contribution in [0.25, 0.3) is 12.2 Å². The molecule has 0 bridgehead atoms. The fourth-order valence-electron chi connectivity index (χ4n) is 4.77. The van der Waals surface area contributed by atoms with Crippen LogP contribution in [-0.2, 0) is 21.3 Å². The molecule has 4 rings (SSSR count). The number of carbonyl (C=O) groups excluding carboxylic acids is 1. The maximum Gasteiger partial charge on any atom is 0.416 e. The molecule has 1 fully saturated rings. The summed E-state index contributed by atoms with van der Waals surface area (Å²) in [5, 5.41) is 5.42. The third-order valence-corrected chi connectivity index (χ3v) is 7.20. The molecule has 0 spiro atoms. The summed E-state index contributed by atoms with van der Waals surface area (Å²) in [6.07, 6.45) is 8.70. The first-order valence-corrected chi connectivity index (χ1v) is 14.5. The molecule has 1 aromatic heterocycles. The van der Waals surface area contributed by atoms with Gasteiger partial charge in [-0.2, -0.15) is 13.2 Å². The Kier molecular flexibility index (Phi) is 11.2. The van der Waals surface area contributed by atoms with Crippen molar-refractivity contribution in [3.63, 3.8) is 0 Å². The average Bonchev–Trinajstić information content (AvgIpc) is 3.12. The highest BCUT2D eigenvalue weighted by Crippen LogP contribution is 2.33. The molecule has 0 saturated carbocycles. The molecule has 44 heavy (non-hydrogen) atoms. The summed E-state index contributed by atoms with van der Waals surface area (Å²) in [6, 6.07) is 0. The van der Waals surface area contributed by atoms with Crippen molar-refractivity contribution in [1.29, 1.82) is 0 Å². The van der Waals surface area contributed by atoms with Gasteiger partial charge in [-0.3, -0.25) is 9.69 Å². The lowest BCUT2D eigenvalue weighted by atomic mass is 10.2. The Bertz CT molecular complexity index is 1430. The Morgan fingerprint density at radius 1 is 1.23 bits per heavy atom. The lowest BCUT2D eigenvalue weighted by Crippen LogP contribution is -2.37. The minimum Gasteiger partial charge on any atom is -0.466 e. The Balaban J connectivity index is 1.36. The lowest BCUT2D eigenvalue weighted by Gasteiger charge is -2.26. The number of halogens is 4. The summed E-state index contributed by atoms with van der Waals surface area (Å²) in [6.45, 7) is 5.84. The van der Waals surface area contributed by atoms with Crippen LogP contribution in [0, 0.1) is 0 Å². The van der Waals surface area contributed by atoms with Gasteiger partial charge in [-0.25, -0.2) is 9.37 Å². The standard InChI is InChI=1S/C31H38F4N6O3/c1-3-22(12-13-28(36)39-29(42)11-6-14-41-15-17-43-18-16-41)44-23-8-5-10-27-26(20-23)38-30(40(27)2)37-25-19-21(31(33,34)35)7-4-9-24(25)32/h3,5,7,9-10,13,19-20H,4,6,8,11-12,14-18,36H2,1-2H3,(H,37,38)(H,39,42)/b22-3+,28-13+. The number of nitrogens with zero attached hydrogens (tertiary/aromatic N) is 3. The highest BCUT2D eigenvalue weighted by molar-refractivity contribution is 5.77. The molecule has 1 aromatic rings. The van der Waals surface area contributed by atoms with E-state index in [1.807, 2.05) is 19.1 Å². The van der Waals surface area contributed by atoms with Gasteiger partial charge in [0.15, 0.2) is 0 Å². The number of aromatic nitrogens is 2. The van der Waals surface area contributed by atoms with Crippen LogP contribution in [0.2, 0.25) is 0 Å². The number of allylic oxidation sites excluding steroid dienone is 8. The number of anilines is 1. The van der Waals surface area contributed by atoms with E-state index in [2.05, 4.69) is 20.5 Å². The SMILES string of the molecule is C/C=C(\C/C=C(\N)NC(=O)CCCN1CCOCC1)OC1=Cc2nc(NC3=CC(C(F)(F)F)=CCC=C3F)n(C)c2C=CC1. The Hall–Kier alpha value is -4.10. The van der Waals surface area contributed by atoms with Crippen molar-refractivity contribution in [3.8, 4) is 0 Å². The second-order valence-corrected chi connectivity index (χ2v) is 10.4. The molecular weight excluding hydrogens is 580 g/mol. The summed E-state index contributed by atoms with van der Waals surface area (Å²) in [7, 11) is 1.68. The summed E-state index contributed by atoms with van der Waals surface area (Å²) in [5.41, 5.74) is 5.93. The Morgan fingerprint density at radius 2 is 2.00 bits per heavy atom. The topological polar surface area (TPSA) is 107 Å². The largest absolute Gasteiger partial charge is 0.466 e. The van der Waals surface area contributed by atoms with E-state index in [9.17, 15) is 22.4 Å². The number of nitrogens with two attached hydrogens (primary N) is 1. The molecule has 0 unspecified atom stereocenters. The average molecular weight is 619 g/mol. The second-order valence-electron chi connectivity index (χ2n) is 10.4. The molecule has 0 atom stereocenters. The second kappa shape index (κ2) is 15.1. The van der Waals surface area contributed by atoms with Gasteiger partial charge in [-0.1, -0.05) is 12.2 Å². The van der Waals surface area contributed by atoms with Gasteiger partial charge in [0.25, 0.3) is 0 Å². The first-order chi connectivity index (χ1) is 21.0. The number of amides is 1. The van der Waals surface area contributed by atoms with Crippen molar-refractivity contribution < 1.29 is 31.8 Å². The minimum absolute atomic E-state index is 0.153. The number of hydrogen-bond acceptors (Lipinski definition) is 7. The van der Waals surface area contributed by atoms with Gasteiger partial charge >= 0.3 is 6.18 Å². The predicted octanol–water partition coefficient (Wildman–Crippen LogP) is 5.56. The van der Waals surface area contributed by atoms with Crippen molar-refractivity contribution in [2.75, 3.05) is 38.2 Å². The molecule has 2 heterocycles. The van der Waals surface area contributed by atoms with Gasteiger partial charge < -0.3 is 30.4 Å². The van der Waals surface area contributed by atoms with Crippen LogP contribution in [0.1, 0.15) is 50.4 Å². The molecule has 0 radical (unpaired) electrons.